The summed E-state index contributed by atoms with van der Waals surface area (Å²) in [6.07, 6.45) is 0. The molecule has 0 fully saturated rings. The van der Waals surface area contributed by atoms with Crippen LogP contribution in [0.3, 0.4) is 0 Å². The molecular weight excluding hydrogens is 351 g/mol. The van der Waals surface area contributed by atoms with Gasteiger partial charge >= 0.3 is 0 Å². The van der Waals surface area contributed by atoms with E-state index in [0.29, 0.717) is 27.6 Å². The summed E-state index contributed by atoms with van der Waals surface area (Å²) < 4.78 is 21.8. The quantitative estimate of drug-likeness (QED) is 0.701. The molecule has 0 N–H and O–H groups in total. The number of nitrogens with zero attached hydrogens (tertiary/aromatic N) is 2. The molecule has 0 unspecified atom stereocenters. The third-order valence-corrected chi connectivity index (χ3v) is 4.66. The van der Waals surface area contributed by atoms with Crippen molar-refractivity contribution in [3.8, 4) is 5.75 Å². The zero-order chi connectivity index (χ0) is 17.1. The molecule has 2 aromatic carbocycles. The summed E-state index contributed by atoms with van der Waals surface area (Å²) in [6, 6.07) is 11.6. The van der Waals surface area contributed by atoms with Gasteiger partial charge in [0.1, 0.15) is 11.6 Å². The Hall–Kier alpha value is -2.18. The SMILES string of the molecule is CCn1c(=NC(=O)COc2ccc(Cl)cc2)sc2cccc(F)c21. The van der Waals surface area contributed by atoms with E-state index >= 15 is 0 Å². The summed E-state index contributed by atoms with van der Waals surface area (Å²) in [7, 11) is 0. The summed E-state index contributed by atoms with van der Waals surface area (Å²) in [4.78, 5) is 16.6. The summed E-state index contributed by atoms with van der Waals surface area (Å²) in [5.41, 5.74) is 0.468. The minimum absolute atomic E-state index is 0.192. The maximum absolute atomic E-state index is 14.0. The maximum atomic E-state index is 14.0. The minimum Gasteiger partial charge on any atom is -0.484 e. The topological polar surface area (TPSA) is 43.6 Å². The molecule has 0 spiro atoms. The van der Waals surface area contributed by atoms with Crippen molar-refractivity contribution in [3.63, 3.8) is 0 Å². The van der Waals surface area contributed by atoms with Gasteiger partial charge in [-0.2, -0.15) is 4.99 Å². The maximum Gasteiger partial charge on any atom is 0.286 e. The Morgan fingerprint density at radius 1 is 1.29 bits per heavy atom. The second kappa shape index (κ2) is 7.15. The van der Waals surface area contributed by atoms with Gasteiger partial charge in [-0.25, -0.2) is 4.39 Å². The molecule has 0 aliphatic heterocycles. The van der Waals surface area contributed by atoms with Crippen LogP contribution in [-0.2, 0) is 11.3 Å². The van der Waals surface area contributed by atoms with Crippen molar-refractivity contribution >= 4 is 39.1 Å². The highest BCUT2D eigenvalue weighted by atomic mass is 35.5. The molecule has 0 bridgehead atoms. The Labute approximate surface area is 146 Å². The number of amides is 1. The molecular formula is C17H14ClFN2O2S. The molecule has 24 heavy (non-hydrogen) atoms. The van der Waals surface area contributed by atoms with E-state index in [1.807, 2.05) is 13.0 Å². The standard InChI is InChI=1S/C17H14ClFN2O2S/c1-2-21-16-13(19)4-3-5-14(16)24-17(21)20-15(22)10-23-12-8-6-11(18)7-9-12/h3-9H,2,10H2,1H3. The Morgan fingerprint density at radius 2 is 2.04 bits per heavy atom. The number of hydrogen-bond donors (Lipinski definition) is 0. The van der Waals surface area contributed by atoms with Gasteiger partial charge in [-0.3, -0.25) is 4.79 Å². The first-order valence-corrected chi connectivity index (χ1v) is 8.51. The predicted molar refractivity (Wildman–Crippen MR) is 93.0 cm³/mol. The van der Waals surface area contributed by atoms with E-state index in [2.05, 4.69) is 4.99 Å². The Morgan fingerprint density at radius 3 is 2.75 bits per heavy atom. The van der Waals surface area contributed by atoms with Gasteiger partial charge in [0, 0.05) is 11.6 Å². The van der Waals surface area contributed by atoms with Crippen molar-refractivity contribution in [1.82, 2.24) is 4.57 Å². The van der Waals surface area contributed by atoms with Crippen molar-refractivity contribution in [2.24, 2.45) is 4.99 Å². The first kappa shape index (κ1) is 16.7. The number of carbonyl (C=O) groups excluding carboxylic acids is 1. The fraction of sp³-hybridized carbons (Fsp3) is 0.176. The van der Waals surface area contributed by atoms with Crippen molar-refractivity contribution in [3.05, 3.63) is 58.1 Å². The fourth-order valence-corrected chi connectivity index (χ4v) is 3.53. The largest absolute Gasteiger partial charge is 0.484 e. The molecule has 0 saturated carbocycles. The number of aryl methyl sites for hydroxylation is 1. The van der Waals surface area contributed by atoms with Crippen LogP contribution in [0.15, 0.2) is 47.5 Å². The molecule has 0 atom stereocenters. The molecule has 0 aliphatic carbocycles. The van der Waals surface area contributed by atoms with Gasteiger partial charge in [0.05, 0.1) is 10.2 Å². The van der Waals surface area contributed by atoms with Gasteiger partial charge in [0.25, 0.3) is 5.91 Å². The molecule has 1 amide bonds. The number of hydrogen-bond acceptors (Lipinski definition) is 3. The van der Waals surface area contributed by atoms with Crippen LogP contribution < -0.4 is 9.54 Å². The molecule has 1 aromatic heterocycles. The van der Waals surface area contributed by atoms with E-state index in [-0.39, 0.29) is 12.4 Å². The van der Waals surface area contributed by atoms with Gasteiger partial charge in [0.2, 0.25) is 0 Å². The first-order chi connectivity index (χ1) is 11.6. The van der Waals surface area contributed by atoms with Gasteiger partial charge in [-0.05, 0) is 43.3 Å². The predicted octanol–water partition coefficient (Wildman–Crippen LogP) is 4.02. The van der Waals surface area contributed by atoms with Crippen molar-refractivity contribution in [2.75, 3.05) is 6.61 Å². The average Bonchev–Trinajstić information content (AvgIpc) is 2.92. The Bertz CT molecular complexity index is 947. The molecule has 3 rings (SSSR count). The van der Waals surface area contributed by atoms with E-state index in [9.17, 15) is 9.18 Å². The summed E-state index contributed by atoms with van der Waals surface area (Å²) in [5, 5.41) is 0.592. The van der Waals surface area contributed by atoms with E-state index in [4.69, 9.17) is 16.3 Å². The number of fused-ring (bicyclic) bond motifs is 1. The van der Waals surface area contributed by atoms with Crippen LogP contribution in [0.1, 0.15) is 6.92 Å². The molecule has 0 radical (unpaired) electrons. The normalized spacial score (nSPS) is 11.9. The van der Waals surface area contributed by atoms with Gasteiger partial charge in [-0.15, -0.1) is 0 Å². The van der Waals surface area contributed by atoms with Crippen LogP contribution in [0, 0.1) is 5.82 Å². The molecule has 3 aromatic rings. The van der Waals surface area contributed by atoms with Gasteiger partial charge in [0.15, 0.2) is 11.4 Å². The molecule has 4 nitrogen and oxygen atoms in total. The zero-order valence-electron chi connectivity index (χ0n) is 12.8. The average molecular weight is 365 g/mol. The monoisotopic (exact) mass is 364 g/mol. The number of para-hydroxylation sites is 1. The summed E-state index contributed by atoms with van der Waals surface area (Å²) in [5.74, 6) is -0.218. The van der Waals surface area contributed by atoms with Crippen molar-refractivity contribution in [2.45, 2.75) is 13.5 Å². The number of ether oxygens (including phenoxy) is 1. The van der Waals surface area contributed by atoms with E-state index in [1.165, 1.54) is 17.4 Å². The van der Waals surface area contributed by atoms with Gasteiger partial charge < -0.3 is 9.30 Å². The number of rotatable bonds is 4. The molecule has 0 saturated heterocycles. The number of thiazole rings is 1. The van der Waals surface area contributed by atoms with Crippen LogP contribution in [0.25, 0.3) is 10.2 Å². The van der Waals surface area contributed by atoms with Crippen molar-refractivity contribution < 1.29 is 13.9 Å². The highest BCUT2D eigenvalue weighted by Crippen LogP contribution is 2.20. The molecule has 1 heterocycles. The van der Waals surface area contributed by atoms with Crippen LogP contribution in [0.4, 0.5) is 4.39 Å². The first-order valence-electron chi connectivity index (χ1n) is 7.32. The second-order valence-corrected chi connectivity index (χ2v) is 6.41. The molecule has 0 aliphatic rings. The lowest BCUT2D eigenvalue weighted by atomic mass is 10.3. The van der Waals surface area contributed by atoms with E-state index in [1.54, 1.807) is 34.9 Å². The fourth-order valence-electron chi connectivity index (χ4n) is 2.28. The van der Waals surface area contributed by atoms with Crippen molar-refractivity contribution in [1.29, 1.82) is 0 Å². The number of carbonyl (C=O) groups is 1. The smallest absolute Gasteiger partial charge is 0.286 e. The highest BCUT2D eigenvalue weighted by Gasteiger charge is 2.10. The van der Waals surface area contributed by atoms with Gasteiger partial charge in [-0.1, -0.05) is 29.0 Å². The number of halogens is 2. The summed E-state index contributed by atoms with van der Waals surface area (Å²) in [6.45, 7) is 2.21. The lowest BCUT2D eigenvalue weighted by Gasteiger charge is -2.03. The van der Waals surface area contributed by atoms with E-state index < -0.39 is 5.91 Å². The van der Waals surface area contributed by atoms with Crippen LogP contribution in [0.2, 0.25) is 5.02 Å². The third-order valence-electron chi connectivity index (χ3n) is 3.36. The minimum atomic E-state index is -0.431. The number of benzene rings is 2. The second-order valence-electron chi connectivity index (χ2n) is 4.96. The van der Waals surface area contributed by atoms with Crippen LogP contribution in [-0.4, -0.2) is 17.1 Å². The lowest BCUT2D eigenvalue weighted by molar-refractivity contribution is -0.120. The summed E-state index contributed by atoms with van der Waals surface area (Å²) >= 11 is 7.07. The Kier molecular flexibility index (Phi) is 4.97. The third kappa shape index (κ3) is 3.49. The molecule has 124 valence electrons. The Balaban J connectivity index is 1.85. The lowest BCUT2D eigenvalue weighted by Crippen LogP contribution is -2.19. The molecule has 7 heteroatoms. The van der Waals surface area contributed by atoms with Crippen LogP contribution in [0.5, 0.6) is 5.75 Å². The van der Waals surface area contributed by atoms with E-state index in [0.717, 1.165) is 4.70 Å². The van der Waals surface area contributed by atoms with Crippen LogP contribution >= 0.6 is 22.9 Å². The highest BCUT2D eigenvalue weighted by molar-refractivity contribution is 7.16. The number of aromatic nitrogens is 1. The zero-order valence-corrected chi connectivity index (χ0v) is 14.4.